The van der Waals surface area contributed by atoms with Gasteiger partial charge in [-0.05, 0) is 62.3 Å². The summed E-state index contributed by atoms with van der Waals surface area (Å²) in [5.41, 5.74) is 6.15. The molecule has 1 aromatic heterocycles. The van der Waals surface area contributed by atoms with Crippen LogP contribution in [0.1, 0.15) is 41.4 Å². The number of carbonyl (C=O) groups is 2. The molecule has 1 aromatic carbocycles. The van der Waals surface area contributed by atoms with Crippen molar-refractivity contribution in [3.63, 3.8) is 0 Å². The molecular formula is C19H24N4O3. The van der Waals surface area contributed by atoms with Crippen molar-refractivity contribution in [3.8, 4) is 0 Å². The average molecular weight is 356 g/mol. The van der Waals surface area contributed by atoms with E-state index < -0.39 is 6.03 Å². The molecule has 3 amide bonds. The molecule has 26 heavy (non-hydrogen) atoms. The van der Waals surface area contributed by atoms with Gasteiger partial charge in [0, 0.05) is 17.8 Å². The van der Waals surface area contributed by atoms with Gasteiger partial charge in [0.2, 0.25) is 0 Å². The van der Waals surface area contributed by atoms with E-state index >= 15 is 0 Å². The highest BCUT2D eigenvalue weighted by molar-refractivity contribution is 5.95. The fourth-order valence-electron chi connectivity index (χ4n) is 3.26. The third-order valence-electron chi connectivity index (χ3n) is 4.57. The van der Waals surface area contributed by atoms with Gasteiger partial charge in [-0.15, -0.1) is 0 Å². The Balaban J connectivity index is 1.62. The number of hydrogen-bond donors (Lipinski definition) is 3. The van der Waals surface area contributed by atoms with E-state index in [9.17, 15) is 9.59 Å². The fourth-order valence-corrected chi connectivity index (χ4v) is 3.26. The van der Waals surface area contributed by atoms with Gasteiger partial charge < -0.3 is 20.8 Å². The van der Waals surface area contributed by atoms with E-state index in [2.05, 4.69) is 15.5 Å². The lowest BCUT2D eigenvalue weighted by molar-refractivity contribution is 0.0914. The van der Waals surface area contributed by atoms with E-state index in [0.29, 0.717) is 17.8 Å². The van der Waals surface area contributed by atoms with Gasteiger partial charge in [-0.1, -0.05) is 6.42 Å². The van der Waals surface area contributed by atoms with E-state index in [-0.39, 0.29) is 11.9 Å². The number of primary amides is 1. The van der Waals surface area contributed by atoms with E-state index in [1.165, 1.54) is 19.3 Å². The van der Waals surface area contributed by atoms with Gasteiger partial charge in [0.05, 0.1) is 12.3 Å². The monoisotopic (exact) mass is 356 g/mol. The predicted molar refractivity (Wildman–Crippen MR) is 98.9 cm³/mol. The van der Waals surface area contributed by atoms with Crippen molar-refractivity contribution in [3.05, 3.63) is 54.0 Å². The number of carbonyl (C=O) groups excluding carboxylic acids is 2. The molecule has 0 aliphatic carbocycles. The van der Waals surface area contributed by atoms with Crippen LogP contribution in [0, 0.1) is 0 Å². The topological polar surface area (TPSA) is 101 Å². The highest BCUT2D eigenvalue weighted by Crippen LogP contribution is 2.24. The second kappa shape index (κ2) is 8.53. The molecule has 1 unspecified atom stereocenters. The number of amides is 3. The Morgan fingerprint density at radius 1 is 1.12 bits per heavy atom. The summed E-state index contributed by atoms with van der Waals surface area (Å²) in [6.45, 7) is 2.50. The molecule has 1 saturated heterocycles. The lowest BCUT2D eigenvalue weighted by atomic mass is 10.1. The van der Waals surface area contributed by atoms with Crippen LogP contribution in [0.4, 0.5) is 10.5 Å². The highest BCUT2D eigenvalue weighted by atomic mass is 16.3. The Hall–Kier alpha value is -2.80. The zero-order chi connectivity index (χ0) is 18.4. The van der Waals surface area contributed by atoms with Crippen LogP contribution in [0.5, 0.6) is 0 Å². The van der Waals surface area contributed by atoms with E-state index in [1.807, 2.05) is 12.1 Å². The number of likely N-dealkylation sites (tertiary alicyclic amines) is 1. The number of nitrogens with zero attached hydrogens (tertiary/aromatic N) is 1. The van der Waals surface area contributed by atoms with Crippen LogP contribution < -0.4 is 16.4 Å². The first kappa shape index (κ1) is 18.0. The zero-order valence-corrected chi connectivity index (χ0v) is 14.6. The van der Waals surface area contributed by atoms with Crippen molar-refractivity contribution < 1.29 is 14.0 Å². The van der Waals surface area contributed by atoms with E-state index in [4.69, 9.17) is 10.2 Å². The first-order valence-corrected chi connectivity index (χ1v) is 8.85. The van der Waals surface area contributed by atoms with E-state index in [1.54, 1.807) is 30.5 Å². The van der Waals surface area contributed by atoms with Gasteiger partial charge in [-0.2, -0.15) is 0 Å². The van der Waals surface area contributed by atoms with Crippen molar-refractivity contribution in [2.24, 2.45) is 5.73 Å². The molecule has 0 radical (unpaired) electrons. The smallest absolute Gasteiger partial charge is 0.316 e. The minimum atomic E-state index is -0.634. The van der Waals surface area contributed by atoms with Crippen molar-refractivity contribution in [2.75, 3.05) is 25.0 Å². The van der Waals surface area contributed by atoms with Gasteiger partial charge >= 0.3 is 6.03 Å². The molecule has 138 valence electrons. The van der Waals surface area contributed by atoms with Crippen molar-refractivity contribution in [1.29, 1.82) is 0 Å². The number of hydrogen-bond acceptors (Lipinski definition) is 4. The number of piperidine rings is 1. The Kier molecular flexibility index (Phi) is 5.91. The molecule has 1 atom stereocenters. The predicted octanol–water partition coefficient (Wildman–Crippen LogP) is 2.73. The van der Waals surface area contributed by atoms with Crippen LogP contribution >= 0.6 is 0 Å². The summed E-state index contributed by atoms with van der Waals surface area (Å²) in [7, 11) is 0. The standard InChI is InChI=1S/C19H24N4O3/c20-19(25)22-15-8-6-14(7-9-15)18(24)21-13-16(17-5-4-12-26-17)23-10-2-1-3-11-23/h4-9,12,16H,1-3,10-11,13H2,(H,21,24)(H3,20,22,25). The van der Waals surface area contributed by atoms with Crippen LogP contribution in [0.25, 0.3) is 0 Å². The summed E-state index contributed by atoms with van der Waals surface area (Å²) >= 11 is 0. The molecule has 1 aliphatic rings. The molecule has 0 bridgehead atoms. The Labute approximate surface area is 152 Å². The summed E-state index contributed by atoms with van der Waals surface area (Å²) in [4.78, 5) is 25.7. The van der Waals surface area contributed by atoms with Crippen molar-refractivity contribution in [1.82, 2.24) is 10.2 Å². The maximum absolute atomic E-state index is 12.5. The Morgan fingerprint density at radius 3 is 2.46 bits per heavy atom. The second-order valence-electron chi connectivity index (χ2n) is 6.40. The molecular weight excluding hydrogens is 332 g/mol. The molecule has 2 heterocycles. The van der Waals surface area contributed by atoms with Crippen LogP contribution in [-0.4, -0.2) is 36.5 Å². The summed E-state index contributed by atoms with van der Waals surface area (Å²) in [6, 6.07) is 9.83. The third kappa shape index (κ3) is 4.64. The second-order valence-corrected chi connectivity index (χ2v) is 6.40. The lowest BCUT2D eigenvalue weighted by Gasteiger charge is -2.33. The number of urea groups is 1. The van der Waals surface area contributed by atoms with Crippen molar-refractivity contribution >= 4 is 17.6 Å². The first-order chi connectivity index (χ1) is 12.6. The zero-order valence-electron chi connectivity index (χ0n) is 14.6. The molecule has 4 N–H and O–H groups in total. The molecule has 1 fully saturated rings. The minimum Gasteiger partial charge on any atom is -0.468 e. The fraction of sp³-hybridized carbons (Fsp3) is 0.368. The van der Waals surface area contributed by atoms with Crippen LogP contribution in [0.15, 0.2) is 47.1 Å². The summed E-state index contributed by atoms with van der Waals surface area (Å²) in [6.07, 6.45) is 5.25. The minimum absolute atomic E-state index is 0.0325. The maximum Gasteiger partial charge on any atom is 0.316 e. The summed E-state index contributed by atoms with van der Waals surface area (Å²) in [5, 5.41) is 5.46. The average Bonchev–Trinajstić information content (AvgIpc) is 3.17. The van der Waals surface area contributed by atoms with Crippen LogP contribution in [0.2, 0.25) is 0 Å². The molecule has 0 spiro atoms. The number of nitrogens with one attached hydrogen (secondary N) is 2. The number of nitrogens with two attached hydrogens (primary N) is 1. The third-order valence-corrected chi connectivity index (χ3v) is 4.57. The maximum atomic E-state index is 12.5. The molecule has 1 aliphatic heterocycles. The Bertz CT molecular complexity index is 722. The summed E-state index contributed by atoms with van der Waals surface area (Å²) < 4.78 is 5.59. The Morgan fingerprint density at radius 2 is 1.85 bits per heavy atom. The SMILES string of the molecule is NC(=O)Nc1ccc(C(=O)NCC(c2ccco2)N2CCCCC2)cc1. The van der Waals surface area contributed by atoms with Gasteiger partial charge in [0.1, 0.15) is 5.76 Å². The van der Waals surface area contributed by atoms with Crippen LogP contribution in [0.3, 0.4) is 0 Å². The van der Waals surface area contributed by atoms with Crippen LogP contribution in [-0.2, 0) is 0 Å². The largest absolute Gasteiger partial charge is 0.468 e. The number of benzene rings is 1. The number of furan rings is 1. The van der Waals surface area contributed by atoms with E-state index in [0.717, 1.165) is 18.8 Å². The normalized spacial score (nSPS) is 16.0. The molecule has 7 heteroatoms. The van der Waals surface area contributed by atoms with Gasteiger partial charge in [-0.3, -0.25) is 9.69 Å². The van der Waals surface area contributed by atoms with Crippen molar-refractivity contribution in [2.45, 2.75) is 25.3 Å². The molecule has 2 aromatic rings. The van der Waals surface area contributed by atoms with Gasteiger partial charge in [0.25, 0.3) is 5.91 Å². The molecule has 3 rings (SSSR count). The number of rotatable bonds is 6. The van der Waals surface area contributed by atoms with Gasteiger partial charge in [-0.25, -0.2) is 4.79 Å². The van der Waals surface area contributed by atoms with Gasteiger partial charge in [0.15, 0.2) is 0 Å². The molecule has 0 saturated carbocycles. The summed E-state index contributed by atoms with van der Waals surface area (Å²) in [5.74, 6) is 0.706. The first-order valence-electron chi connectivity index (χ1n) is 8.85. The molecule has 7 nitrogen and oxygen atoms in total. The quantitative estimate of drug-likeness (QED) is 0.741. The lowest BCUT2D eigenvalue weighted by Crippen LogP contribution is -2.40. The number of anilines is 1. The highest BCUT2D eigenvalue weighted by Gasteiger charge is 2.25.